The van der Waals surface area contributed by atoms with Crippen LogP contribution in [0.2, 0.25) is 0 Å². The second-order valence-electron chi connectivity index (χ2n) is 3.88. The van der Waals surface area contributed by atoms with Crippen molar-refractivity contribution in [2.75, 3.05) is 5.73 Å². The molecule has 0 radical (unpaired) electrons. The first kappa shape index (κ1) is 9.43. The highest BCUT2D eigenvalue weighted by Crippen LogP contribution is 2.38. The van der Waals surface area contributed by atoms with Crippen molar-refractivity contribution < 1.29 is 0 Å². The van der Waals surface area contributed by atoms with Crippen molar-refractivity contribution in [2.24, 2.45) is 11.8 Å². The summed E-state index contributed by atoms with van der Waals surface area (Å²) in [5.41, 5.74) is 9.61. The lowest BCUT2D eigenvalue weighted by Gasteiger charge is -2.16. The van der Waals surface area contributed by atoms with E-state index in [0.717, 1.165) is 17.9 Å². The predicted molar refractivity (Wildman–Crippen MR) is 56.1 cm³/mol. The summed E-state index contributed by atoms with van der Waals surface area (Å²) < 4.78 is 0. The van der Waals surface area contributed by atoms with Crippen molar-refractivity contribution in [1.82, 2.24) is 10.4 Å². The smallest absolute Gasteiger partial charge is 0.128 e. The van der Waals surface area contributed by atoms with E-state index in [1.807, 2.05) is 12.1 Å². The van der Waals surface area contributed by atoms with Crippen LogP contribution in [0.5, 0.6) is 0 Å². The van der Waals surface area contributed by atoms with E-state index in [0.29, 0.717) is 5.82 Å². The van der Waals surface area contributed by atoms with Crippen LogP contribution in [-0.4, -0.2) is 4.98 Å². The van der Waals surface area contributed by atoms with E-state index in [9.17, 15) is 0 Å². The Kier molecular flexibility index (Phi) is 2.65. The van der Waals surface area contributed by atoms with Gasteiger partial charge >= 0.3 is 0 Å². The monoisotopic (exact) mass is 192 g/mol. The standard InChI is InChI=1S/C10H16N4/c11-10-8(2-1-5-13-10)9(14-12)6-7-3-4-7/h1-2,5,7,9,14H,3-4,6,12H2,(H2,11,13). The van der Waals surface area contributed by atoms with Gasteiger partial charge in [-0.1, -0.05) is 18.9 Å². The van der Waals surface area contributed by atoms with Gasteiger partial charge in [0.2, 0.25) is 0 Å². The van der Waals surface area contributed by atoms with Crippen molar-refractivity contribution in [3.05, 3.63) is 23.9 Å². The molecule has 1 atom stereocenters. The highest BCUT2D eigenvalue weighted by Gasteiger charge is 2.26. The van der Waals surface area contributed by atoms with Crippen LogP contribution >= 0.6 is 0 Å². The Morgan fingerprint density at radius 2 is 2.36 bits per heavy atom. The Morgan fingerprint density at radius 3 is 2.93 bits per heavy atom. The number of nitrogens with zero attached hydrogens (tertiary/aromatic N) is 1. The van der Waals surface area contributed by atoms with Gasteiger partial charge in [0.15, 0.2) is 0 Å². The minimum atomic E-state index is 0.149. The van der Waals surface area contributed by atoms with Crippen LogP contribution in [0.4, 0.5) is 5.82 Å². The third-order valence-electron chi connectivity index (χ3n) is 2.71. The molecule has 1 unspecified atom stereocenters. The van der Waals surface area contributed by atoms with Crippen LogP contribution < -0.4 is 17.0 Å². The number of pyridine rings is 1. The number of hydrazine groups is 1. The summed E-state index contributed by atoms with van der Waals surface area (Å²) in [6.07, 6.45) is 5.40. The zero-order valence-electron chi connectivity index (χ0n) is 8.11. The largest absolute Gasteiger partial charge is 0.383 e. The maximum Gasteiger partial charge on any atom is 0.128 e. The molecule has 0 bridgehead atoms. The number of nitrogens with two attached hydrogens (primary N) is 2. The topological polar surface area (TPSA) is 77.0 Å². The van der Waals surface area contributed by atoms with Gasteiger partial charge < -0.3 is 5.73 Å². The quantitative estimate of drug-likeness (QED) is 0.490. The fraction of sp³-hybridized carbons (Fsp3) is 0.500. The molecule has 1 saturated carbocycles. The zero-order chi connectivity index (χ0) is 9.97. The van der Waals surface area contributed by atoms with Gasteiger partial charge in [-0.25, -0.2) is 4.98 Å². The lowest BCUT2D eigenvalue weighted by Crippen LogP contribution is -2.29. The zero-order valence-corrected chi connectivity index (χ0v) is 8.11. The minimum absolute atomic E-state index is 0.149. The van der Waals surface area contributed by atoms with Gasteiger partial charge in [-0.3, -0.25) is 11.3 Å². The fourth-order valence-electron chi connectivity index (χ4n) is 1.70. The Morgan fingerprint density at radius 1 is 1.57 bits per heavy atom. The first-order valence-corrected chi connectivity index (χ1v) is 4.97. The van der Waals surface area contributed by atoms with Gasteiger partial charge in [0.25, 0.3) is 0 Å². The summed E-state index contributed by atoms with van der Waals surface area (Å²) in [5.74, 6) is 6.91. The number of nitrogens with one attached hydrogen (secondary N) is 1. The molecule has 5 N–H and O–H groups in total. The molecule has 0 aliphatic heterocycles. The molecule has 1 aromatic rings. The van der Waals surface area contributed by atoms with Crippen LogP contribution in [0.25, 0.3) is 0 Å². The number of anilines is 1. The van der Waals surface area contributed by atoms with Crippen molar-refractivity contribution in [3.8, 4) is 0 Å². The molecule has 14 heavy (non-hydrogen) atoms. The average molecular weight is 192 g/mol. The van der Waals surface area contributed by atoms with Gasteiger partial charge in [0.05, 0.1) is 0 Å². The Labute approximate surface area is 83.7 Å². The molecule has 1 fully saturated rings. The fourth-order valence-corrected chi connectivity index (χ4v) is 1.70. The first-order valence-electron chi connectivity index (χ1n) is 4.97. The van der Waals surface area contributed by atoms with E-state index in [1.54, 1.807) is 6.20 Å². The molecule has 4 nitrogen and oxygen atoms in total. The number of nitrogen functional groups attached to an aromatic ring is 1. The van der Waals surface area contributed by atoms with Crippen molar-refractivity contribution in [2.45, 2.75) is 25.3 Å². The molecule has 1 aliphatic rings. The van der Waals surface area contributed by atoms with E-state index < -0.39 is 0 Å². The molecular weight excluding hydrogens is 176 g/mol. The molecule has 1 aliphatic carbocycles. The Bertz CT molecular complexity index is 309. The lowest BCUT2D eigenvalue weighted by molar-refractivity contribution is 0.487. The van der Waals surface area contributed by atoms with Gasteiger partial charge in [-0.05, 0) is 18.4 Å². The molecular formula is C10H16N4. The van der Waals surface area contributed by atoms with Crippen LogP contribution in [0.1, 0.15) is 30.9 Å². The van der Waals surface area contributed by atoms with Gasteiger partial charge in [0.1, 0.15) is 5.82 Å². The van der Waals surface area contributed by atoms with E-state index in [4.69, 9.17) is 11.6 Å². The van der Waals surface area contributed by atoms with E-state index in [1.165, 1.54) is 12.8 Å². The molecule has 2 rings (SSSR count). The van der Waals surface area contributed by atoms with Gasteiger partial charge in [-0.2, -0.15) is 0 Å². The van der Waals surface area contributed by atoms with Crippen LogP contribution in [0.15, 0.2) is 18.3 Å². The van der Waals surface area contributed by atoms with Crippen LogP contribution in [0.3, 0.4) is 0 Å². The third-order valence-corrected chi connectivity index (χ3v) is 2.71. The first-order chi connectivity index (χ1) is 6.81. The van der Waals surface area contributed by atoms with Crippen molar-refractivity contribution in [3.63, 3.8) is 0 Å². The number of hydrogen-bond donors (Lipinski definition) is 3. The number of hydrogen-bond acceptors (Lipinski definition) is 4. The molecule has 0 saturated heterocycles. The third kappa shape index (κ3) is 2.02. The number of rotatable bonds is 4. The van der Waals surface area contributed by atoms with Gasteiger partial charge in [0, 0.05) is 17.8 Å². The average Bonchev–Trinajstić information content (AvgIpc) is 2.99. The van der Waals surface area contributed by atoms with Crippen molar-refractivity contribution >= 4 is 5.82 Å². The Balaban J connectivity index is 2.12. The molecule has 1 aromatic heterocycles. The molecule has 0 aromatic carbocycles. The summed E-state index contributed by atoms with van der Waals surface area (Å²) in [4.78, 5) is 4.06. The van der Waals surface area contributed by atoms with E-state index in [2.05, 4.69) is 10.4 Å². The molecule has 4 heteroatoms. The maximum atomic E-state index is 5.79. The second kappa shape index (κ2) is 3.94. The second-order valence-corrected chi connectivity index (χ2v) is 3.88. The number of aromatic nitrogens is 1. The summed E-state index contributed by atoms with van der Waals surface area (Å²) in [6, 6.07) is 4.02. The highest BCUT2D eigenvalue weighted by molar-refractivity contribution is 5.40. The molecule has 1 heterocycles. The normalized spacial score (nSPS) is 18.1. The van der Waals surface area contributed by atoms with Gasteiger partial charge in [-0.15, -0.1) is 0 Å². The summed E-state index contributed by atoms with van der Waals surface area (Å²) >= 11 is 0. The van der Waals surface area contributed by atoms with Crippen LogP contribution in [-0.2, 0) is 0 Å². The van der Waals surface area contributed by atoms with E-state index >= 15 is 0 Å². The SMILES string of the molecule is NNC(CC1CC1)c1cccnc1N. The molecule has 0 amide bonds. The lowest BCUT2D eigenvalue weighted by atomic mass is 10.0. The predicted octanol–water partition coefficient (Wildman–Crippen LogP) is 0.968. The molecule has 76 valence electrons. The Hall–Kier alpha value is -1.13. The highest BCUT2D eigenvalue weighted by atomic mass is 15.2. The molecule has 0 spiro atoms. The minimum Gasteiger partial charge on any atom is -0.383 e. The van der Waals surface area contributed by atoms with E-state index in [-0.39, 0.29) is 6.04 Å². The summed E-state index contributed by atoms with van der Waals surface area (Å²) in [6.45, 7) is 0. The van der Waals surface area contributed by atoms with Crippen molar-refractivity contribution in [1.29, 1.82) is 0 Å². The van der Waals surface area contributed by atoms with Crippen LogP contribution in [0, 0.1) is 5.92 Å². The summed E-state index contributed by atoms with van der Waals surface area (Å²) in [5, 5.41) is 0. The maximum absolute atomic E-state index is 5.79. The summed E-state index contributed by atoms with van der Waals surface area (Å²) in [7, 11) is 0.